The lowest BCUT2D eigenvalue weighted by molar-refractivity contribution is -0.143. The normalized spacial score (nSPS) is 11.4. The Bertz CT molecular complexity index is 380. The van der Waals surface area contributed by atoms with Crippen LogP contribution in [0.5, 0.6) is 0 Å². The van der Waals surface area contributed by atoms with Crippen molar-refractivity contribution in [1.82, 2.24) is 0 Å². The SMILES string of the molecule is CCOC(=O)CC(SC(=S)OCC)C(=O)CSC(=S)OCC. The Labute approximate surface area is 150 Å². The molecule has 0 rings (SSSR count). The van der Waals surface area contributed by atoms with Crippen molar-refractivity contribution < 1.29 is 23.8 Å². The molecular weight excluding hydrogens is 364 g/mol. The van der Waals surface area contributed by atoms with Crippen molar-refractivity contribution in [3.8, 4) is 0 Å². The third kappa shape index (κ3) is 10.4. The summed E-state index contributed by atoms with van der Waals surface area (Å²) in [4.78, 5) is 23.9. The molecule has 0 bridgehead atoms. The van der Waals surface area contributed by atoms with Crippen molar-refractivity contribution in [2.45, 2.75) is 32.4 Å². The maximum Gasteiger partial charge on any atom is 0.307 e. The van der Waals surface area contributed by atoms with Crippen molar-refractivity contribution in [3.63, 3.8) is 0 Å². The van der Waals surface area contributed by atoms with Crippen molar-refractivity contribution in [2.24, 2.45) is 0 Å². The minimum Gasteiger partial charge on any atom is -0.479 e. The second-order valence-electron chi connectivity index (χ2n) is 3.74. The molecule has 1 unspecified atom stereocenters. The van der Waals surface area contributed by atoms with E-state index in [2.05, 4.69) is 0 Å². The van der Waals surface area contributed by atoms with Crippen LogP contribution in [0.3, 0.4) is 0 Å². The van der Waals surface area contributed by atoms with Crippen LogP contribution in [0.2, 0.25) is 0 Å². The van der Waals surface area contributed by atoms with E-state index in [1.807, 2.05) is 6.92 Å². The van der Waals surface area contributed by atoms with Gasteiger partial charge in [0.1, 0.15) is 0 Å². The monoisotopic (exact) mass is 384 g/mol. The molecule has 0 aromatic heterocycles. The highest BCUT2D eigenvalue weighted by Gasteiger charge is 2.25. The summed E-state index contributed by atoms with van der Waals surface area (Å²) in [5, 5.41) is -0.643. The second kappa shape index (κ2) is 13.1. The summed E-state index contributed by atoms with van der Waals surface area (Å²) in [5.41, 5.74) is 0. The van der Waals surface area contributed by atoms with E-state index in [1.165, 1.54) is 0 Å². The fourth-order valence-corrected chi connectivity index (χ4v) is 3.62. The predicted molar refractivity (Wildman–Crippen MR) is 98.5 cm³/mol. The number of carbonyl (C=O) groups excluding carboxylic acids is 2. The molecule has 0 heterocycles. The Morgan fingerprint density at radius 2 is 1.50 bits per heavy atom. The molecular formula is C13H20O5S4. The van der Waals surface area contributed by atoms with Gasteiger partial charge < -0.3 is 14.2 Å². The fourth-order valence-electron chi connectivity index (χ4n) is 1.24. The van der Waals surface area contributed by atoms with Crippen LogP contribution >= 0.6 is 48.0 Å². The minimum atomic E-state index is -0.643. The van der Waals surface area contributed by atoms with E-state index in [4.69, 9.17) is 38.6 Å². The lowest BCUT2D eigenvalue weighted by atomic mass is 10.2. The molecule has 126 valence electrons. The molecule has 22 heavy (non-hydrogen) atoms. The number of ether oxygens (including phenoxy) is 3. The Morgan fingerprint density at radius 1 is 0.955 bits per heavy atom. The standard InChI is InChI=1S/C13H20O5S4/c1-4-16-11(15)7-10(22-13(20)18-6-3)9(14)8-21-12(19)17-5-2/h10H,4-8H2,1-3H3. The van der Waals surface area contributed by atoms with Crippen molar-refractivity contribution in [2.75, 3.05) is 25.6 Å². The average Bonchev–Trinajstić information content (AvgIpc) is 2.45. The van der Waals surface area contributed by atoms with E-state index >= 15 is 0 Å². The third-order valence-corrected chi connectivity index (χ3v) is 4.80. The van der Waals surface area contributed by atoms with Gasteiger partial charge in [0.15, 0.2) is 5.78 Å². The van der Waals surface area contributed by atoms with Crippen LogP contribution in [0.25, 0.3) is 0 Å². The molecule has 0 spiro atoms. The zero-order valence-corrected chi connectivity index (χ0v) is 16.1. The summed E-state index contributed by atoms with van der Waals surface area (Å²) in [6, 6.07) is 0. The third-order valence-electron chi connectivity index (χ3n) is 2.11. The first-order chi connectivity index (χ1) is 10.4. The Balaban J connectivity index is 4.60. The van der Waals surface area contributed by atoms with Crippen LogP contribution in [0, 0.1) is 0 Å². The quantitative estimate of drug-likeness (QED) is 0.441. The van der Waals surface area contributed by atoms with Crippen molar-refractivity contribution in [3.05, 3.63) is 0 Å². The zero-order chi connectivity index (χ0) is 17.0. The summed E-state index contributed by atoms with van der Waals surface area (Å²) < 4.78 is 15.7. The maximum absolute atomic E-state index is 12.3. The van der Waals surface area contributed by atoms with Gasteiger partial charge in [0.2, 0.25) is 8.77 Å². The van der Waals surface area contributed by atoms with Gasteiger partial charge in [-0.05, 0) is 45.2 Å². The number of Topliss-reactive ketones (excluding diaryl/α,β-unsaturated/α-hetero) is 1. The number of hydrogen-bond donors (Lipinski definition) is 0. The van der Waals surface area contributed by atoms with Gasteiger partial charge in [-0.25, -0.2) is 0 Å². The first-order valence-corrected chi connectivity index (χ1v) is 9.43. The molecule has 5 nitrogen and oxygen atoms in total. The summed E-state index contributed by atoms with van der Waals surface area (Å²) in [6.45, 7) is 6.46. The number of thioether (sulfide) groups is 2. The largest absolute Gasteiger partial charge is 0.479 e. The van der Waals surface area contributed by atoms with Gasteiger partial charge in [-0.1, -0.05) is 23.5 Å². The molecule has 9 heteroatoms. The fraction of sp³-hybridized carbons (Fsp3) is 0.692. The van der Waals surface area contributed by atoms with E-state index in [1.54, 1.807) is 13.8 Å². The zero-order valence-electron chi connectivity index (χ0n) is 12.8. The Hall–Kier alpha value is -0.380. The number of esters is 1. The molecule has 0 saturated carbocycles. The van der Waals surface area contributed by atoms with E-state index in [9.17, 15) is 9.59 Å². The van der Waals surface area contributed by atoms with Crippen LogP contribution in [0.15, 0.2) is 0 Å². The highest BCUT2D eigenvalue weighted by atomic mass is 32.2. The number of ketones is 1. The van der Waals surface area contributed by atoms with E-state index < -0.39 is 11.2 Å². The summed E-state index contributed by atoms with van der Waals surface area (Å²) in [7, 11) is 0. The first-order valence-electron chi connectivity index (χ1n) is 6.75. The van der Waals surface area contributed by atoms with Crippen molar-refractivity contribution in [1.29, 1.82) is 0 Å². The van der Waals surface area contributed by atoms with E-state index in [0.717, 1.165) is 23.5 Å². The summed E-state index contributed by atoms with van der Waals surface area (Å²) in [6.07, 6.45) is -0.0491. The van der Waals surface area contributed by atoms with Gasteiger partial charge in [0.05, 0.1) is 37.2 Å². The molecule has 0 aliphatic heterocycles. The lowest BCUT2D eigenvalue weighted by Gasteiger charge is -2.15. The summed E-state index contributed by atoms with van der Waals surface area (Å²) >= 11 is 12.2. The number of hydrogen-bond acceptors (Lipinski definition) is 9. The molecule has 0 aliphatic carbocycles. The molecule has 0 saturated heterocycles. The topological polar surface area (TPSA) is 61.8 Å². The smallest absolute Gasteiger partial charge is 0.307 e. The molecule has 0 radical (unpaired) electrons. The molecule has 0 aliphatic rings. The second-order valence-corrected chi connectivity index (χ2v) is 7.12. The van der Waals surface area contributed by atoms with Crippen LogP contribution in [-0.2, 0) is 23.8 Å². The number of thiocarbonyl (C=S) groups is 2. The van der Waals surface area contributed by atoms with Crippen molar-refractivity contribution >= 4 is 68.5 Å². The highest BCUT2D eigenvalue weighted by Crippen LogP contribution is 2.22. The van der Waals surface area contributed by atoms with Crippen LogP contribution < -0.4 is 0 Å². The van der Waals surface area contributed by atoms with Gasteiger partial charge in [-0.15, -0.1) is 0 Å². The van der Waals surface area contributed by atoms with Gasteiger partial charge in [0, 0.05) is 0 Å². The van der Waals surface area contributed by atoms with Crippen LogP contribution in [0.1, 0.15) is 27.2 Å². The van der Waals surface area contributed by atoms with Gasteiger partial charge in [0.25, 0.3) is 0 Å². The average molecular weight is 385 g/mol. The molecule has 1 atom stereocenters. The first kappa shape index (κ1) is 21.6. The lowest BCUT2D eigenvalue weighted by Crippen LogP contribution is -2.26. The Kier molecular flexibility index (Phi) is 12.9. The van der Waals surface area contributed by atoms with Crippen LogP contribution in [0.4, 0.5) is 0 Å². The maximum atomic E-state index is 12.3. The van der Waals surface area contributed by atoms with Gasteiger partial charge >= 0.3 is 5.97 Å². The highest BCUT2D eigenvalue weighted by molar-refractivity contribution is 8.24. The summed E-state index contributed by atoms with van der Waals surface area (Å²) in [5.74, 6) is -0.484. The molecule has 0 N–H and O–H groups in total. The van der Waals surface area contributed by atoms with Crippen LogP contribution in [-0.4, -0.2) is 51.3 Å². The molecule has 0 aromatic rings. The minimum absolute atomic E-state index is 0.0491. The molecule has 0 aromatic carbocycles. The number of rotatable bonds is 9. The van der Waals surface area contributed by atoms with Gasteiger partial charge in [-0.2, -0.15) is 0 Å². The molecule has 0 fully saturated rings. The van der Waals surface area contributed by atoms with Gasteiger partial charge in [-0.3, -0.25) is 9.59 Å². The molecule has 0 amide bonds. The van der Waals surface area contributed by atoms with E-state index in [0.29, 0.717) is 17.6 Å². The Morgan fingerprint density at radius 3 is 2.05 bits per heavy atom. The predicted octanol–water partition coefficient (Wildman–Crippen LogP) is 2.99. The number of carbonyl (C=O) groups is 2. The van der Waals surface area contributed by atoms with E-state index in [-0.39, 0.29) is 28.9 Å².